The molecule has 0 fully saturated rings. The minimum absolute atomic E-state index is 0.0594. The van der Waals surface area contributed by atoms with E-state index >= 15 is 0 Å². The molecule has 0 aromatic heterocycles. The summed E-state index contributed by atoms with van der Waals surface area (Å²) in [7, 11) is 1.67. The van der Waals surface area contributed by atoms with Crippen LogP contribution in [-0.2, 0) is 16.0 Å². The Kier molecular flexibility index (Phi) is 6.02. The molecule has 20 heavy (non-hydrogen) atoms. The number of carbonyl (C=O) groups is 1. The minimum atomic E-state index is 0.0594. The molecule has 0 spiro atoms. The molecule has 0 bridgehead atoms. The lowest BCUT2D eigenvalue weighted by molar-refractivity contribution is -0.120. The Hall–Kier alpha value is -1.39. The number of aryl methyl sites for hydroxylation is 1. The highest BCUT2D eigenvalue weighted by molar-refractivity contribution is 5.78. The van der Waals surface area contributed by atoms with E-state index in [4.69, 9.17) is 4.74 Å². The fraction of sp³-hybridized carbons (Fsp3) is 0.562. The van der Waals surface area contributed by atoms with Crippen molar-refractivity contribution in [2.75, 3.05) is 26.8 Å². The third kappa shape index (κ3) is 4.32. The van der Waals surface area contributed by atoms with Gasteiger partial charge >= 0.3 is 0 Å². The van der Waals surface area contributed by atoms with Crippen molar-refractivity contribution in [1.29, 1.82) is 0 Å². The number of hydrogen-bond donors (Lipinski definition) is 2. The monoisotopic (exact) mass is 276 g/mol. The van der Waals surface area contributed by atoms with E-state index in [1.807, 2.05) is 0 Å². The third-order valence-corrected chi connectivity index (χ3v) is 3.73. The van der Waals surface area contributed by atoms with E-state index in [-0.39, 0.29) is 5.91 Å². The Morgan fingerprint density at radius 3 is 3.10 bits per heavy atom. The van der Waals surface area contributed by atoms with E-state index in [0.29, 0.717) is 25.7 Å². The second-order valence-electron chi connectivity index (χ2n) is 5.22. The van der Waals surface area contributed by atoms with E-state index in [1.54, 1.807) is 7.11 Å². The lowest BCUT2D eigenvalue weighted by Crippen LogP contribution is -2.37. The van der Waals surface area contributed by atoms with Gasteiger partial charge in [0.2, 0.25) is 5.91 Å². The molecule has 2 rings (SSSR count). The molecule has 1 unspecified atom stereocenters. The summed E-state index contributed by atoms with van der Waals surface area (Å²) in [5, 5.41) is 6.27. The van der Waals surface area contributed by atoms with Crippen molar-refractivity contribution in [3.05, 3.63) is 35.4 Å². The number of ether oxygens (including phenoxy) is 1. The first-order chi connectivity index (χ1) is 9.81. The summed E-state index contributed by atoms with van der Waals surface area (Å²) in [6.07, 6.45) is 4.30. The molecule has 0 aliphatic heterocycles. The molecule has 1 aromatic rings. The topological polar surface area (TPSA) is 50.4 Å². The molecule has 0 saturated carbocycles. The summed E-state index contributed by atoms with van der Waals surface area (Å²) < 4.78 is 4.95. The normalized spacial score (nSPS) is 17.6. The first-order valence-corrected chi connectivity index (χ1v) is 7.38. The van der Waals surface area contributed by atoms with Gasteiger partial charge in [-0.3, -0.25) is 4.79 Å². The van der Waals surface area contributed by atoms with Gasteiger partial charge in [0.25, 0.3) is 0 Å². The van der Waals surface area contributed by atoms with Crippen molar-refractivity contribution in [1.82, 2.24) is 10.6 Å². The van der Waals surface area contributed by atoms with Crippen LogP contribution in [0.15, 0.2) is 24.3 Å². The Balaban J connectivity index is 1.76. The molecule has 2 N–H and O–H groups in total. The quantitative estimate of drug-likeness (QED) is 0.747. The van der Waals surface area contributed by atoms with E-state index in [1.165, 1.54) is 17.5 Å². The van der Waals surface area contributed by atoms with Crippen LogP contribution >= 0.6 is 0 Å². The molecular formula is C16H24N2O2. The number of carbonyl (C=O) groups excluding carboxylic acids is 1. The highest BCUT2D eigenvalue weighted by Crippen LogP contribution is 2.29. The van der Waals surface area contributed by atoms with E-state index in [2.05, 4.69) is 34.9 Å². The molecule has 1 aromatic carbocycles. The van der Waals surface area contributed by atoms with Gasteiger partial charge in [0.05, 0.1) is 6.54 Å². The first kappa shape index (κ1) is 15.0. The molecular weight excluding hydrogens is 252 g/mol. The number of methoxy groups -OCH3 is 1. The predicted octanol–water partition coefficient (Wildman–Crippen LogP) is 1.81. The van der Waals surface area contributed by atoms with Crippen molar-refractivity contribution in [3.63, 3.8) is 0 Å². The van der Waals surface area contributed by atoms with E-state index in [9.17, 15) is 4.79 Å². The van der Waals surface area contributed by atoms with Crippen LogP contribution in [0, 0.1) is 0 Å². The number of fused-ring (bicyclic) bond motifs is 1. The molecule has 110 valence electrons. The zero-order chi connectivity index (χ0) is 14.2. The second-order valence-corrected chi connectivity index (χ2v) is 5.22. The average molecular weight is 276 g/mol. The van der Waals surface area contributed by atoms with Crippen LogP contribution in [0.1, 0.15) is 36.4 Å². The Morgan fingerprint density at radius 2 is 2.25 bits per heavy atom. The highest BCUT2D eigenvalue weighted by Gasteiger charge is 2.19. The van der Waals surface area contributed by atoms with Crippen molar-refractivity contribution in [2.45, 2.75) is 31.7 Å². The zero-order valence-electron chi connectivity index (χ0n) is 12.2. The van der Waals surface area contributed by atoms with Gasteiger partial charge in [-0.15, -0.1) is 0 Å². The van der Waals surface area contributed by atoms with Gasteiger partial charge in [-0.1, -0.05) is 24.3 Å². The Bertz CT molecular complexity index is 434. The van der Waals surface area contributed by atoms with Crippen molar-refractivity contribution >= 4 is 5.91 Å². The van der Waals surface area contributed by atoms with E-state index < -0.39 is 0 Å². The molecule has 0 radical (unpaired) electrons. The summed E-state index contributed by atoms with van der Waals surface area (Å²) in [5.41, 5.74) is 2.77. The lowest BCUT2D eigenvalue weighted by atomic mass is 9.88. The number of rotatable bonds is 7. The van der Waals surface area contributed by atoms with Gasteiger partial charge in [0.1, 0.15) is 0 Å². The summed E-state index contributed by atoms with van der Waals surface area (Å²) in [6, 6.07) is 8.83. The van der Waals surface area contributed by atoms with Crippen LogP contribution in [0.5, 0.6) is 0 Å². The number of amides is 1. The summed E-state index contributed by atoms with van der Waals surface area (Å²) in [5.74, 6) is 0.0594. The largest absolute Gasteiger partial charge is 0.385 e. The summed E-state index contributed by atoms with van der Waals surface area (Å²) in [6.45, 7) is 1.74. The van der Waals surface area contributed by atoms with Crippen LogP contribution in [0.2, 0.25) is 0 Å². The van der Waals surface area contributed by atoms with Crippen LogP contribution in [0.4, 0.5) is 0 Å². The Morgan fingerprint density at radius 1 is 1.40 bits per heavy atom. The van der Waals surface area contributed by atoms with Gasteiger partial charge in [-0.2, -0.15) is 0 Å². The fourth-order valence-electron chi connectivity index (χ4n) is 2.69. The summed E-state index contributed by atoms with van der Waals surface area (Å²) in [4.78, 5) is 11.7. The number of benzene rings is 1. The zero-order valence-corrected chi connectivity index (χ0v) is 12.2. The molecule has 1 aliphatic rings. The Labute approximate surface area is 120 Å². The van der Waals surface area contributed by atoms with Crippen molar-refractivity contribution in [2.24, 2.45) is 0 Å². The highest BCUT2D eigenvalue weighted by atomic mass is 16.5. The first-order valence-electron chi connectivity index (χ1n) is 7.38. The predicted molar refractivity (Wildman–Crippen MR) is 79.6 cm³/mol. The molecule has 4 heteroatoms. The van der Waals surface area contributed by atoms with Gasteiger partial charge in [-0.05, 0) is 36.8 Å². The maximum Gasteiger partial charge on any atom is 0.233 e. The SMILES string of the molecule is COCCCNC(=O)CNC1CCCc2ccccc21. The standard InChI is InChI=1S/C16H24N2O2/c1-20-11-5-10-17-16(19)12-18-15-9-4-7-13-6-2-3-8-14(13)15/h2-3,6,8,15,18H,4-5,7,9-12H2,1H3,(H,17,19). The fourth-order valence-corrected chi connectivity index (χ4v) is 2.69. The second kappa shape index (κ2) is 8.02. The lowest BCUT2D eigenvalue weighted by Gasteiger charge is -2.26. The average Bonchev–Trinajstić information content (AvgIpc) is 2.49. The van der Waals surface area contributed by atoms with Crippen LogP contribution in [0.3, 0.4) is 0 Å². The smallest absolute Gasteiger partial charge is 0.233 e. The van der Waals surface area contributed by atoms with Crippen LogP contribution in [-0.4, -0.2) is 32.7 Å². The molecule has 0 heterocycles. The van der Waals surface area contributed by atoms with Gasteiger partial charge < -0.3 is 15.4 Å². The van der Waals surface area contributed by atoms with Crippen molar-refractivity contribution < 1.29 is 9.53 Å². The van der Waals surface area contributed by atoms with E-state index in [0.717, 1.165) is 19.3 Å². The third-order valence-electron chi connectivity index (χ3n) is 3.73. The number of nitrogens with one attached hydrogen (secondary N) is 2. The molecule has 1 aliphatic carbocycles. The van der Waals surface area contributed by atoms with Crippen molar-refractivity contribution in [3.8, 4) is 0 Å². The van der Waals surface area contributed by atoms with Gasteiger partial charge in [0, 0.05) is 26.3 Å². The maximum atomic E-state index is 11.7. The maximum absolute atomic E-state index is 11.7. The van der Waals surface area contributed by atoms with Gasteiger partial charge in [-0.25, -0.2) is 0 Å². The van der Waals surface area contributed by atoms with Crippen LogP contribution < -0.4 is 10.6 Å². The molecule has 4 nitrogen and oxygen atoms in total. The minimum Gasteiger partial charge on any atom is -0.385 e. The molecule has 1 atom stereocenters. The molecule has 0 saturated heterocycles. The van der Waals surface area contributed by atoms with Gasteiger partial charge in [0.15, 0.2) is 0 Å². The molecule has 1 amide bonds. The number of hydrogen-bond acceptors (Lipinski definition) is 3. The van der Waals surface area contributed by atoms with Crippen LogP contribution in [0.25, 0.3) is 0 Å². The summed E-state index contributed by atoms with van der Waals surface area (Å²) >= 11 is 0.